The van der Waals surface area contributed by atoms with E-state index in [9.17, 15) is 17.6 Å². The van der Waals surface area contributed by atoms with E-state index in [1.165, 1.54) is 6.20 Å². The summed E-state index contributed by atoms with van der Waals surface area (Å²) in [7, 11) is -3.79. The average molecular weight is 389 g/mol. The Morgan fingerprint density at radius 2 is 1.93 bits per heavy atom. The molecule has 0 saturated carbocycles. The lowest BCUT2D eigenvalue weighted by Crippen LogP contribution is -2.27. The molecule has 10 heteroatoms. The summed E-state index contributed by atoms with van der Waals surface area (Å²) in [4.78, 5) is 20.0. The third kappa shape index (κ3) is 4.96. The minimum Gasteiger partial charge on any atom is -0.325 e. The van der Waals surface area contributed by atoms with Crippen molar-refractivity contribution in [1.29, 1.82) is 0 Å². The number of aromatic nitrogens is 3. The van der Waals surface area contributed by atoms with E-state index >= 15 is 0 Å². The number of imidazole rings is 1. The van der Waals surface area contributed by atoms with Gasteiger partial charge >= 0.3 is 0 Å². The molecular weight excluding hydrogens is 373 g/mol. The van der Waals surface area contributed by atoms with Crippen molar-refractivity contribution in [3.63, 3.8) is 0 Å². The number of nitrogens with one attached hydrogen (secondary N) is 2. The molecule has 0 bridgehead atoms. The van der Waals surface area contributed by atoms with Crippen molar-refractivity contribution in [3.8, 4) is 5.82 Å². The van der Waals surface area contributed by atoms with Crippen molar-refractivity contribution in [1.82, 2.24) is 19.3 Å². The van der Waals surface area contributed by atoms with E-state index in [0.29, 0.717) is 11.5 Å². The normalized spacial score (nSPS) is 11.3. The summed E-state index contributed by atoms with van der Waals surface area (Å²) in [5.41, 5.74) is 0.491. The number of nitrogens with zero attached hydrogens (tertiary/aromatic N) is 3. The quantitative estimate of drug-likeness (QED) is 0.640. The molecule has 140 valence electrons. The van der Waals surface area contributed by atoms with Crippen LogP contribution in [0.15, 0.2) is 66.2 Å². The fourth-order valence-electron chi connectivity index (χ4n) is 2.23. The Kier molecular flexibility index (Phi) is 5.57. The monoisotopic (exact) mass is 389 g/mol. The highest BCUT2D eigenvalue weighted by molar-refractivity contribution is 7.89. The second-order valence-corrected chi connectivity index (χ2v) is 7.29. The molecule has 0 aliphatic rings. The van der Waals surface area contributed by atoms with Crippen molar-refractivity contribution in [2.45, 2.75) is 11.3 Å². The largest absolute Gasteiger partial charge is 0.325 e. The van der Waals surface area contributed by atoms with E-state index in [1.807, 2.05) is 0 Å². The first-order valence-corrected chi connectivity index (χ1v) is 9.42. The van der Waals surface area contributed by atoms with E-state index in [1.54, 1.807) is 35.4 Å². The average Bonchev–Trinajstić information content (AvgIpc) is 3.17. The maximum absolute atomic E-state index is 12.9. The van der Waals surface area contributed by atoms with Crippen LogP contribution in [-0.2, 0) is 14.8 Å². The summed E-state index contributed by atoms with van der Waals surface area (Å²) in [5, 5.41) is 2.64. The Morgan fingerprint density at radius 3 is 2.56 bits per heavy atom. The van der Waals surface area contributed by atoms with Crippen molar-refractivity contribution >= 4 is 21.6 Å². The lowest BCUT2D eigenvalue weighted by atomic mass is 10.3. The lowest BCUT2D eigenvalue weighted by Gasteiger charge is -2.08. The van der Waals surface area contributed by atoms with Crippen molar-refractivity contribution in [2.24, 2.45) is 0 Å². The van der Waals surface area contributed by atoms with Gasteiger partial charge in [-0.15, -0.1) is 0 Å². The minimum atomic E-state index is -3.79. The van der Waals surface area contributed by atoms with Gasteiger partial charge in [0, 0.05) is 25.4 Å². The van der Waals surface area contributed by atoms with Crippen LogP contribution in [0.5, 0.6) is 0 Å². The van der Waals surface area contributed by atoms with Crippen LogP contribution in [0.4, 0.5) is 10.1 Å². The Labute approximate surface area is 155 Å². The molecule has 1 amide bonds. The van der Waals surface area contributed by atoms with Crippen LogP contribution in [0, 0.1) is 5.82 Å². The van der Waals surface area contributed by atoms with Crippen LogP contribution in [0.1, 0.15) is 6.42 Å². The zero-order valence-corrected chi connectivity index (χ0v) is 14.9. The van der Waals surface area contributed by atoms with Gasteiger partial charge in [0.2, 0.25) is 15.9 Å². The van der Waals surface area contributed by atoms with Gasteiger partial charge in [-0.05, 0) is 36.4 Å². The molecule has 8 nitrogen and oxygen atoms in total. The molecule has 3 rings (SSSR count). The van der Waals surface area contributed by atoms with Gasteiger partial charge in [0.25, 0.3) is 0 Å². The van der Waals surface area contributed by atoms with Gasteiger partial charge < -0.3 is 5.32 Å². The summed E-state index contributed by atoms with van der Waals surface area (Å²) < 4.78 is 41.0. The number of pyridine rings is 1. The molecule has 0 aliphatic carbocycles. The van der Waals surface area contributed by atoms with Gasteiger partial charge in [0.05, 0.1) is 16.8 Å². The van der Waals surface area contributed by atoms with Crippen molar-refractivity contribution in [3.05, 3.63) is 67.1 Å². The van der Waals surface area contributed by atoms with Gasteiger partial charge in [-0.3, -0.25) is 9.36 Å². The molecule has 0 spiro atoms. The number of carbonyl (C=O) groups excluding carboxylic acids is 1. The lowest BCUT2D eigenvalue weighted by molar-refractivity contribution is -0.116. The first-order chi connectivity index (χ1) is 12.9. The highest BCUT2D eigenvalue weighted by atomic mass is 32.2. The molecule has 2 heterocycles. The van der Waals surface area contributed by atoms with Crippen LogP contribution < -0.4 is 10.0 Å². The first-order valence-electron chi connectivity index (χ1n) is 7.93. The zero-order valence-electron chi connectivity index (χ0n) is 14.0. The molecule has 0 aliphatic heterocycles. The molecule has 0 fully saturated rings. The minimum absolute atomic E-state index is 0.0658. The number of halogens is 1. The fourth-order valence-corrected chi connectivity index (χ4v) is 3.26. The van der Waals surface area contributed by atoms with E-state index in [2.05, 4.69) is 20.0 Å². The van der Waals surface area contributed by atoms with Crippen LogP contribution in [0.2, 0.25) is 0 Å². The Hall–Kier alpha value is -3.11. The number of anilines is 1. The summed E-state index contributed by atoms with van der Waals surface area (Å²) in [6.45, 7) is -0.0912. The number of sulfonamides is 1. The Balaban J connectivity index is 1.50. The van der Waals surface area contributed by atoms with Crippen molar-refractivity contribution < 1.29 is 17.6 Å². The number of hydrogen-bond acceptors (Lipinski definition) is 5. The van der Waals surface area contributed by atoms with Crippen LogP contribution in [-0.4, -0.2) is 35.4 Å². The zero-order chi connectivity index (χ0) is 19.3. The van der Waals surface area contributed by atoms with Gasteiger partial charge in [0.15, 0.2) is 0 Å². The molecule has 2 aromatic heterocycles. The highest BCUT2D eigenvalue weighted by Crippen LogP contribution is 2.11. The highest BCUT2D eigenvalue weighted by Gasteiger charge is 2.14. The summed E-state index contributed by atoms with van der Waals surface area (Å²) in [5.74, 6) is -0.243. The van der Waals surface area contributed by atoms with Gasteiger partial charge in [-0.1, -0.05) is 0 Å². The fraction of sp³-hybridized carbons (Fsp3) is 0.118. The van der Waals surface area contributed by atoms with E-state index in [4.69, 9.17) is 0 Å². The Bertz CT molecular complexity index is 1000. The second-order valence-electron chi connectivity index (χ2n) is 5.52. The molecule has 3 aromatic rings. The molecule has 0 radical (unpaired) electrons. The van der Waals surface area contributed by atoms with Gasteiger partial charge in [-0.2, -0.15) is 0 Å². The molecule has 0 atom stereocenters. The van der Waals surface area contributed by atoms with Crippen LogP contribution in [0.25, 0.3) is 5.82 Å². The van der Waals surface area contributed by atoms with Crippen LogP contribution in [0.3, 0.4) is 0 Å². The molecule has 0 saturated heterocycles. The first kappa shape index (κ1) is 18.7. The standard InChI is InChI=1S/C17H16FN5O3S/c18-13-1-4-15(5-2-13)27(25,26)21-8-7-17(24)22-14-3-6-16(20-11-14)23-10-9-19-12-23/h1-6,9-12,21H,7-8H2,(H,22,24). The summed E-state index contributed by atoms with van der Waals surface area (Å²) in [6, 6.07) is 7.83. The third-order valence-electron chi connectivity index (χ3n) is 3.57. The number of amides is 1. The molecule has 0 unspecified atom stereocenters. The maximum atomic E-state index is 12.9. The Morgan fingerprint density at radius 1 is 1.15 bits per heavy atom. The van der Waals surface area contributed by atoms with Gasteiger partial charge in [-0.25, -0.2) is 27.5 Å². The molecule has 1 aromatic carbocycles. The molecule has 27 heavy (non-hydrogen) atoms. The number of hydrogen-bond donors (Lipinski definition) is 2. The smallest absolute Gasteiger partial charge is 0.240 e. The summed E-state index contributed by atoms with van der Waals surface area (Å²) >= 11 is 0. The number of rotatable bonds is 7. The van der Waals surface area contributed by atoms with Gasteiger partial charge in [0.1, 0.15) is 18.0 Å². The van der Waals surface area contributed by atoms with E-state index in [-0.39, 0.29) is 23.8 Å². The number of benzene rings is 1. The predicted octanol–water partition coefficient (Wildman–Crippen LogP) is 1.71. The van der Waals surface area contributed by atoms with Crippen molar-refractivity contribution in [2.75, 3.05) is 11.9 Å². The number of carbonyl (C=O) groups is 1. The van der Waals surface area contributed by atoms with E-state index < -0.39 is 15.8 Å². The maximum Gasteiger partial charge on any atom is 0.240 e. The molecular formula is C17H16FN5O3S. The van der Waals surface area contributed by atoms with E-state index in [0.717, 1.165) is 24.3 Å². The predicted molar refractivity (Wildman–Crippen MR) is 96.2 cm³/mol. The van der Waals surface area contributed by atoms with Crippen LogP contribution >= 0.6 is 0 Å². The SMILES string of the molecule is O=C(CCNS(=O)(=O)c1ccc(F)cc1)Nc1ccc(-n2ccnc2)nc1. The summed E-state index contributed by atoms with van der Waals surface area (Å²) in [6.07, 6.45) is 6.41. The third-order valence-corrected chi connectivity index (χ3v) is 5.05. The second kappa shape index (κ2) is 8.06. The molecule has 2 N–H and O–H groups in total. The topological polar surface area (TPSA) is 106 Å².